The summed E-state index contributed by atoms with van der Waals surface area (Å²) >= 11 is 0. The summed E-state index contributed by atoms with van der Waals surface area (Å²) in [5.41, 5.74) is 0.387. The Kier molecular flexibility index (Phi) is 6.72. The van der Waals surface area contributed by atoms with Crippen LogP contribution >= 0.6 is 0 Å². The monoisotopic (exact) mass is 294 g/mol. The van der Waals surface area contributed by atoms with E-state index in [1.165, 1.54) is 21.3 Å². The SMILES string of the molecule is CCCCC(C(=O)OC)C(=O)c1cc(OC)cc(OC)c1. The Morgan fingerprint density at radius 1 is 1.05 bits per heavy atom. The molecule has 0 heterocycles. The Morgan fingerprint density at radius 3 is 2.05 bits per heavy atom. The number of unbranched alkanes of at least 4 members (excludes halogenated alkanes) is 1. The van der Waals surface area contributed by atoms with Crippen LogP contribution in [0.4, 0.5) is 0 Å². The van der Waals surface area contributed by atoms with E-state index in [4.69, 9.17) is 14.2 Å². The van der Waals surface area contributed by atoms with Crippen molar-refractivity contribution < 1.29 is 23.8 Å². The molecule has 1 aromatic carbocycles. The van der Waals surface area contributed by atoms with Gasteiger partial charge < -0.3 is 14.2 Å². The van der Waals surface area contributed by atoms with Crippen molar-refractivity contribution in [1.82, 2.24) is 0 Å². The highest BCUT2D eigenvalue weighted by Crippen LogP contribution is 2.26. The number of methoxy groups -OCH3 is 3. The number of ether oxygens (including phenoxy) is 3. The Labute approximate surface area is 125 Å². The quantitative estimate of drug-likeness (QED) is 0.419. The van der Waals surface area contributed by atoms with E-state index in [0.717, 1.165) is 12.8 Å². The number of benzene rings is 1. The van der Waals surface area contributed by atoms with Crippen LogP contribution in [0.5, 0.6) is 11.5 Å². The number of esters is 1. The molecule has 21 heavy (non-hydrogen) atoms. The average molecular weight is 294 g/mol. The topological polar surface area (TPSA) is 61.8 Å². The molecule has 1 atom stereocenters. The van der Waals surface area contributed by atoms with Crippen LogP contribution in [0.15, 0.2) is 18.2 Å². The molecule has 0 amide bonds. The van der Waals surface area contributed by atoms with Crippen LogP contribution in [0.2, 0.25) is 0 Å². The molecule has 5 heteroatoms. The van der Waals surface area contributed by atoms with Crippen molar-refractivity contribution >= 4 is 11.8 Å². The summed E-state index contributed by atoms with van der Waals surface area (Å²) in [6.45, 7) is 2.01. The molecule has 0 radical (unpaired) electrons. The molecule has 0 N–H and O–H groups in total. The first-order valence-corrected chi connectivity index (χ1v) is 6.92. The Bertz CT molecular complexity index is 473. The van der Waals surface area contributed by atoms with Crippen molar-refractivity contribution in [2.45, 2.75) is 26.2 Å². The van der Waals surface area contributed by atoms with E-state index in [1.54, 1.807) is 18.2 Å². The van der Waals surface area contributed by atoms with Gasteiger partial charge in [-0.3, -0.25) is 9.59 Å². The summed E-state index contributed by atoms with van der Waals surface area (Å²) in [5.74, 6) is -0.539. The fourth-order valence-electron chi connectivity index (χ4n) is 2.06. The zero-order valence-electron chi connectivity index (χ0n) is 13.0. The van der Waals surface area contributed by atoms with Crippen molar-refractivity contribution in [2.24, 2.45) is 5.92 Å². The predicted octanol–water partition coefficient (Wildman–Crippen LogP) is 2.87. The van der Waals surface area contributed by atoms with E-state index in [9.17, 15) is 9.59 Å². The van der Waals surface area contributed by atoms with Gasteiger partial charge in [-0.25, -0.2) is 0 Å². The Balaban J connectivity index is 3.09. The minimum absolute atomic E-state index is 0.271. The first kappa shape index (κ1) is 17.0. The third-order valence-electron chi connectivity index (χ3n) is 3.28. The Morgan fingerprint density at radius 2 is 1.62 bits per heavy atom. The number of carbonyl (C=O) groups excluding carboxylic acids is 2. The van der Waals surface area contributed by atoms with Crippen molar-refractivity contribution in [1.29, 1.82) is 0 Å². The van der Waals surface area contributed by atoms with Crippen LogP contribution in [0, 0.1) is 5.92 Å². The van der Waals surface area contributed by atoms with Gasteiger partial charge >= 0.3 is 5.97 Å². The smallest absolute Gasteiger partial charge is 0.316 e. The molecule has 0 aliphatic rings. The lowest BCUT2D eigenvalue weighted by molar-refractivity contribution is -0.143. The van der Waals surface area contributed by atoms with Crippen molar-refractivity contribution in [2.75, 3.05) is 21.3 Å². The third-order valence-corrected chi connectivity index (χ3v) is 3.28. The molecule has 0 aliphatic carbocycles. The van der Waals surface area contributed by atoms with E-state index < -0.39 is 11.9 Å². The van der Waals surface area contributed by atoms with Crippen LogP contribution in [0.25, 0.3) is 0 Å². The maximum absolute atomic E-state index is 12.6. The molecule has 5 nitrogen and oxygen atoms in total. The van der Waals surface area contributed by atoms with E-state index in [0.29, 0.717) is 23.5 Å². The number of hydrogen-bond donors (Lipinski definition) is 0. The van der Waals surface area contributed by atoms with Crippen molar-refractivity contribution in [3.63, 3.8) is 0 Å². The van der Waals surface area contributed by atoms with Gasteiger partial charge in [-0.15, -0.1) is 0 Å². The minimum atomic E-state index is -0.785. The normalized spacial score (nSPS) is 11.6. The molecule has 0 saturated carbocycles. The van der Waals surface area contributed by atoms with Crippen LogP contribution in [-0.4, -0.2) is 33.1 Å². The number of hydrogen-bond acceptors (Lipinski definition) is 5. The van der Waals surface area contributed by atoms with E-state index >= 15 is 0 Å². The number of ketones is 1. The summed E-state index contributed by atoms with van der Waals surface area (Å²) in [6.07, 6.45) is 2.16. The fourth-order valence-corrected chi connectivity index (χ4v) is 2.06. The van der Waals surface area contributed by atoms with Gasteiger partial charge in [-0.2, -0.15) is 0 Å². The molecular weight excluding hydrogens is 272 g/mol. The summed E-state index contributed by atoms with van der Waals surface area (Å²) in [7, 11) is 4.32. The molecule has 116 valence electrons. The second-order valence-electron chi connectivity index (χ2n) is 4.68. The zero-order valence-corrected chi connectivity index (χ0v) is 13.0. The lowest BCUT2D eigenvalue weighted by Crippen LogP contribution is -2.25. The summed E-state index contributed by atoms with van der Waals surface area (Å²) in [5, 5.41) is 0. The van der Waals surface area contributed by atoms with Gasteiger partial charge in [0.1, 0.15) is 17.4 Å². The second-order valence-corrected chi connectivity index (χ2v) is 4.68. The summed E-state index contributed by atoms with van der Waals surface area (Å²) in [4.78, 5) is 24.4. The van der Waals surface area contributed by atoms with E-state index in [1.807, 2.05) is 6.92 Å². The number of Topliss-reactive ketones (excluding diaryl/α,β-unsaturated/α-hetero) is 1. The number of rotatable bonds is 8. The summed E-state index contributed by atoms with van der Waals surface area (Å²) in [6, 6.07) is 4.88. The van der Waals surface area contributed by atoms with Gasteiger partial charge in [-0.1, -0.05) is 19.8 Å². The maximum atomic E-state index is 12.6. The number of carbonyl (C=O) groups is 2. The van der Waals surface area contributed by atoms with Gasteiger partial charge in [-0.05, 0) is 18.6 Å². The minimum Gasteiger partial charge on any atom is -0.497 e. The van der Waals surface area contributed by atoms with E-state index in [-0.39, 0.29) is 5.78 Å². The van der Waals surface area contributed by atoms with Gasteiger partial charge in [0.05, 0.1) is 21.3 Å². The van der Waals surface area contributed by atoms with E-state index in [2.05, 4.69) is 0 Å². The molecule has 0 spiro atoms. The molecule has 0 aromatic heterocycles. The molecule has 1 unspecified atom stereocenters. The van der Waals surface area contributed by atoms with Crippen LogP contribution in [-0.2, 0) is 9.53 Å². The zero-order chi connectivity index (χ0) is 15.8. The molecular formula is C16H22O5. The largest absolute Gasteiger partial charge is 0.497 e. The molecule has 1 aromatic rings. The van der Waals surface area contributed by atoms with Crippen LogP contribution < -0.4 is 9.47 Å². The van der Waals surface area contributed by atoms with Gasteiger partial charge in [0.15, 0.2) is 5.78 Å². The van der Waals surface area contributed by atoms with Gasteiger partial charge in [0, 0.05) is 11.6 Å². The maximum Gasteiger partial charge on any atom is 0.316 e. The van der Waals surface area contributed by atoms with Gasteiger partial charge in [0.25, 0.3) is 0 Å². The molecule has 1 rings (SSSR count). The first-order chi connectivity index (χ1) is 10.1. The molecule has 0 bridgehead atoms. The fraction of sp³-hybridized carbons (Fsp3) is 0.500. The summed E-state index contributed by atoms with van der Waals surface area (Å²) < 4.78 is 15.0. The van der Waals surface area contributed by atoms with Gasteiger partial charge in [0.2, 0.25) is 0 Å². The van der Waals surface area contributed by atoms with Crippen LogP contribution in [0.1, 0.15) is 36.5 Å². The highest BCUT2D eigenvalue weighted by atomic mass is 16.5. The van der Waals surface area contributed by atoms with Crippen molar-refractivity contribution in [3.05, 3.63) is 23.8 Å². The third kappa shape index (κ3) is 4.48. The lowest BCUT2D eigenvalue weighted by Gasteiger charge is -2.14. The average Bonchev–Trinajstić information content (AvgIpc) is 2.53. The molecule has 0 saturated heterocycles. The first-order valence-electron chi connectivity index (χ1n) is 6.92. The van der Waals surface area contributed by atoms with Crippen molar-refractivity contribution in [3.8, 4) is 11.5 Å². The lowest BCUT2D eigenvalue weighted by atomic mass is 9.92. The highest BCUT2D eigenvalue weighted by Gasteiger charge is 2.28. The van der Waals surface area contributed by atoms with Crippen LogP contribution in [0.3, 0.4) is 0 Å². The predicted molar refractivity (Wildman–Crippen MR) is 78.9 cm³/mol. The second kappa shape index (κ2) is 8.29. The highest BCUT2D eigenvalue weighted by molar-refractivity contribution is 6.09. The molecule has 0 fully saturated rings. The Hall–Kier alpha value is -2.04. The standard InChI is InChI=1S/C16H22O5/c1-5-6-7-14(16(18)21-4)15(17)11-8-12(19-2)10-13(9-11)20-3/h8-10,14H,5-7H2,1-4H3. The molecule has 0 aliphatic heterocycles.